The molecule has 2 aromatic rings. The molecule has 0 unspecified atom stereocenters. The fraction of sp³-hybridized carbons (Fsp3) is 0.474. The van der Waals surface area contributed by atoms with E-state index in [4.69, 9.17) is 4.74 Å². The number of ether oxygens (including phenoxy) is 1. The number of hydrogen-bond donors (Lipinski definition) is 2. The van der Waals surface area contributed by atoms with Crippen LogP contribution in [0.2, 0.25) is 0 Å². The van der Waals surface area contributed by atoms with Crippen molar-refractivity contribution in [2.24, 2.45) is 11.8 Å². The molecule has 1 amide bonds. The zero-order valence-corrected chi connectivity index (χ0v) is 15.5. The van der Waals surface area contributed by atoms with Crippen molar-refractivity contribution in [3.63, 3.8) is 0 Å². The number of likely N-dealkylation sites (tertiary alicyclic amines) is 1. The van der Waals surface area contributed by atoms with Crippen LogP contribution in [0.5, 0.6) is 5.75 Å². The van der Waals surface area contributed by atoms with E-state index in [1.54, 1.807) is 26.1 Å². The van der Waals surface area contributed by atoms with Crippen LogP contribution in [0, 0.1) is 11.8 Å². The molecule has 2 atom stereocenters. The molecule has 0 bridgehead atoms. The summed E-state index contributed by atoms with van der Waals surface area (Å²) < 4.78 is 5.46. The summed E-state index contributed by atoms with van der Waals surface area (Å²) in [6.07, 6.45) is 1.82. The SMILES string of the molecule is COc1ccccc1-c1[nH]ncc1CN1C[C@@H](CO)[C@H](C(=O)N(C)C)C1. The molecule has 1 aliphatic heterocycles. The summed E-state index contributed by atoms with van der Waals surface area (Å²) in [5.41, 5.74) is 2.93. The van der Waals surface area contributed by atoms with Gasteiger partial charge in [0.25, 0.3) is 0 Å². The number of nitrogens with zero attached hydrogens (tertiary/aromatic N) is 3. The van der Waals surface area contributed by atoms with Gasteiger partial charge in [0, 0.05) is 57.4 Å². The Morgan fingerprint density at radius 2 is 2.15 bits per heavy atom. The molecule has 0 spiro atoms. The number of aliphatic hydroxyl groups is 1. The first kappa shape index (κ1) is 18.4. The van der Waals surface area contributed by atoms with E-state index in [1.165, 1.54) is 0 Å². The fourth-order valence-corrected chi connectivity index (χ4v) is 3.64. The molecule has 26 heavy (non-hydrogen) atoms. The number of rotatable bonds is 6. The third-order valence-electron chi connectivity index (χ3n) is 5.00. The summed E-state index contributed by atoms with van der Waals surface area (Å²) in [5.74, 6) is 0.653. The number of methoxy groups -OCH3 is 1. The zero-order chi connectivity index (χ0) is 18.7. The molecule has 3 rings (SSSR count). The zero-order valence-electron chi connectivity index (χ0n) is 15.5. The van der Waals surface area contributed by atoms with E-state index in [0.717, 1.165) is 22.6 Å². The van der Waals surface area contributed by atoms with Gasteiger partial charge in [-0.15, -0.1) is 0 Å². The number of carbonyl (C=O) groups is 1. The Morgan fingerprint density at radius 3 is 2.85 bits per heavy atom. The van der Waals surface area contributed by atoms with E-state index in [-0.39, 0.29) is 24.3 Å². The van der Waals surface area contributed by atoms with Crippen LogP contribution in [0.4, 0.5) is 0 Å². The molecule has 7 heteroatoms. The Kier molecular flexibility index (Phi) is 5.58. The first-order valence-electron chi connectivity index (χ1n) is 8.75. The smallest absolute Gasteiger partial charge is 0.226 e. The quantitative estimate of drug-likeness (QED) is 0.811. The Morgan fingerprint density at radius 1 is 1.38 bits per heavy atom. The first-order chi connectivity index (χ1) is 12.5. The van der Waals surface area contributed by atoms with Crippen LogP contribution in [-0.4, -0.2) is 71.9 Å². The average molecular weight is 358 g/mol. The summed E-state index contributed by atoms with van der Waals surface area (Å²) in [6, 6.07) is 7.81. The Labute approximate surface area is 153 Å². The van der Waals surface area contributed by atoms with Crippen molar-refractivity contribution in [2.75, 3.05) is 40.9 Å². The Hall–Kier alpha value is -2.38. The lowest BCUT2D eigenvalue weighted by atomic mass is 9.96. The molecular weight excluding hydrogens is 332 g/mol. The van der Waals surface area contributed by atoms with Crippen molar-refractivity contribution in [2.45, 2.75) is 6.54 Å². The van der Waals surface area contributed by atoms with Gasteiger partial charge in [-0.25, -0.2) is 0 Å². The predicted molar refractivity (Wildman–Crippen MR) is 98.6 cm³/mol. The topological polar surface area (TPSA) is 81.7 Å². The Balaban J connectivity index is 1.79. The van der Waals surface area contributed by atoms with Crippen LogP contribution in [0.3, 0.4) is 0 Å². The molecule has 1 aliphatic rings. The highest BCUT2D eigenvalue weighted by molar-refractivity contribution is 5.79. The van der Waals surface area contributed by atoms with E-state index >= 15 is 0 Å². The van der Waals surface area contributed by atoms with Crippen LogP contribution in [0.25, 0.3) is 11.3 Å². The van der Waals surface area contributed by atoms with Gasteiger partial charge in [-0.2, -0.15) is 5.10 Å². The molecular formula is C19H26N4O3. The van der Waals surface area contributed by atoms with Crippen LogP contribution < -0.4 is 4.74 Å². The second kappa shape index (κ2) is 7.88. The van der Waals surface area contributed by atoms with Gasteiger partial charge in [-0.05, 0) is 12.1 Å². The van der Waals surface area contributed by atoms with Gasteiger partial charge in [0.1, 0.15) is 5.75 Å². The highest BCUT2D eigenvalue weighted by atomic mass is 16.5. The van der Waals surface area contributed by atoms with Gasteiger partial charge < -0.3 is 14.7 Å². The maximum atomic E-state index is 12.4. The number of H-pyrrole nitrogens is 1. The molecule has 0 radical (unpaired) electrons. The molecule has 1 saturated heterocycles. The van der Waals surface area contributed by atoms with Gasteiger partial charge in [0.15, 0.2) is 0 Å². The monoisotopic (exact) mass is 358 g/mol. The van der Waals surface area contributed by atoms with Crippen LogP contribution in [-0.2, 0) is 11.3 Å². The number of carbonyl (C=O) groups excluding carboxylic acids is 1. The lowest BCUT2D eigenvalue weighted by Crippen LogP contribution is -2.35. The average Bonchev–Trinajstić information content (AvgIpc) is 3.27. The molecule has 140 valence electrons. The number of hydrogen-bond acceptors (Lipinski definition) is 5. The van der Waals surface area contributed by atoms with Gasteiger partial charge in [-0.3, -0.25) is 14.8 Å². The van der Waals surface area contributed by atoms with Crippen molar-refractivity contribution < 1.29 is 14.6 Å². The molecule has 0 aliphatic carbocycles. The maximum absolute atomic E-state index is 12.4. The summed E-state index contributed by atoms with van der Waals surface area (Å²) in [7, 11) is 5.17. The minimum absolute atomic E-state index is 0.0193. The van der Waals surface area contributed by atoms with Gasteiger partial charge in [0.05, 0.1) is 24.9 Å². The Bertz CT molecular complexity index is 759. The minimum atomic E-state index is -0.170. The van der Waals surface area contributed by atoms with Crippen molar-refractivity contribution in [3.05, 3.63) is 36.0 Å². The highest BCUT2D eigenvalue weighted by Crippen LogP contribution is 2.32. The minimum Gasteiger partial charge on any atom is -0.496 e. The van der Waals surface area contributed by atoms with Crippen molar-refractivity contribution in [3.8, 4) is 17.0 Å². The predicted octanol–water partition coefficient (Wildman–Crippen LogP) is 1.21. The number of nitrogens with one attached hydrogen (secondary N) is 1. The molecule has 1 fully saturated rings. The van der Waals surface area contributed by atoms with E-state index in [0.29, 0.717) is 19.6 Å². The van der Waals surface area contributed by atoms with Gasteiger partial charge >= 0.3 is 0 Å². The molecule has 1 aromatic heterocycles. The van der Waals surface area contributed by atoms with Crippen molar-refractivity contribution >= 4 is 5.91 Å². The largest absolute Gasteiger partial charge is 0.496 e. The third kappa shape index (κ3) is 3.59. The fourth-order valence-electron chi connectivity index (χ4n) is 3.64. The molecule has 0 saturated carbocycles. The summed E-state index contributed by atoms with van der Waals surface area (Å²) in [5, 5.41) is 17.0. The van der Waals surface area contributed by atoms with E-state index < -0.39 is 0 Å². The van der Waals surface area contributed by atoms with E-state index in [9.17, 15) is 9.90 Å². The summed E-state index contributed by atoms with van der Waals surface area (Å²) in [4.78, 5) is 16.2. The van der Waals surface area contributed by atoms with E-state index in [2.05, 4.69) is 15.1 Å². The van der Waals surface area contributed by atoms with Crippen LogP contribution >= 0.6 is 0 Å². The standard InChI is InChI=1S/C19H26N4O3/c1-22(2)19(25)16-11-23(10-14(16)12-24)9-13-8-20-21-18(13)15-6-4-5-7-17(15)26-3/h4-8,14,16,24H,9-12H2,1-3H3,(H,20,21)/t14-,16+/m0/s1. The normalized spacial score (nSPS) is 20.3. The van der Waals surface area contributed by atoms with Crippen molar-refractivity contribution in [1.82, 2.24) is 20.0 Å². The summed E-state index contributed by atoms with van der Waals surface area (Å²) in [6.45, 7) is 2.01. The number of aromatic amines is 1. The highest BCUT2D eigenvalue weighted by Gasteiger charge is 2.38. The van der Waals surface area contributed by atoms with Crippen molar-refractivity contribution in [1.29, 1.82) is 0 Å². The van der Waals surface area contributed by atoms with Gasteiger partial charge in [-0.1, -0.05) is 12.1 Å². The maximum Gasteiger partial charge on any atom is 0.226 e. The van der Waals surface area contributed by atoms with Gasteiger partial charge in [0.2, 0.25) is 5.91 Å². The number of benzene rings is 1. The number of aromatic nitrogens is 2. The molecule has 2 heterocycles. The molecule has 7 nitrogen and oxygen atoms in total. The number of para-hydroxylation sites is 1. The second-order valence-electron chi connectivity index (χ2n) is 6.95. The third-order valence-corrected chi connectivity index (χ3v) is 5.00. The lowest BCUT2D eigenvalue weighted by molar-refractivity contribution is -0.134. The second-order valence-corrected chi connectivity index (χ2v) is 6.95. The summed E-state index contributed by atoms with van der Waals surface area (Å²) >= 11 is 0. The molecule has 2 N–H and O–H groups in total. The number of amides is 1. The van der Waals surface area contributed by atoms with Crippen LogP contribution in [0.15, 0.2) is 30.5 Å². The lowest BCUT2D eigenvalue weighted by Gasteiger charge is -2.20. The number of aliphatic hydroxyl groups excluding tert-OH is 1. The van der Waals surface area contributed by atoms with Crippen LogP contribution in [0.1, 0.15) is 5.56 Å². The first-order valence-corrected chi connectivity index (χ1v) is 8.75. The molecule has 1 aromatic carbocycles. The van der Waals surface area contributed by atoms with E-state index in [1.807, 2.05) is 30.5 Å².